The molecule has 5 heteroatoms. The second-order valence-corrected chi connectivity index (χ2v) is 3.89. The van der Waals surface area contributed by atoms with Crippen molar-refractivity contribution in [2.75, 3.05) is 11.9 Å². The highest BCUT2D eigenvalue weighted by molar-refractivity contribution is 5.92. The molecule has 0 radical (unpaired) electrons. The fourth-order valence-electron chi connectivity index (χ4n) is 1.16. The van der Waals surface area contributed by atoms with E-state index in [0.29, 0.717) is 11.4 Å². The number of nitrogens with one attached hydrogen (secondary N) is 1. The first-order chi connectivity index (χ1) is 7.54. The summed E-state index contributed by atoms with van der Waals surface area (Å²) >= 11 is 0. The molecule has 1 heterocycles. The number of aliphatic hydroxyl groups is 1. The van der Waals surface area contributed by atoms with E-state index in [1.165, 1.54) is 6.20 Å². The molecule has 0 aromatic carbocycles. The van der Waals surface area contributed by atoms with Crippen LogP contribution in [0, 0.1) is 5.92 Å². The number of nitrogens with two attached hydrogens (primary N) is 1. The molecular formula is C11H17N3O2. The number of hydrogen-bond acceptors (Lipinski definition) is 4. The summed E-state index contributed by atoms with van der Waals surface area (Å²) in [6.07, 6.45) is 1.43. The van der Waals surface area contributed by atoms with Crippen LogP contribution in [0.3, 0.4) is 0 Å². The number of amides is 1. The van der Waals surface area contributed by atoms with Crippen molar-refractivity contribution in [3.05, 3.63) is 23.9 Å². The van der Waals surface area contributed by atoms with E-state index in [2.05, 4.69) is 10.3 Å². The Kier molecular flexibility index (Phi) is 4.25. The molecular weight excluding hydrogens is 206 g/mol. The van der Waals surface area contributed by atoms with Crippen molar-refractivity contribution in [3.63, 3.8) is 0 Å². The van der Waals surface area contributed by atoms with Crippen molar-refractivity contribution in [2.24, 2.45) is 11.7 Å². The van der Waals surface area contributed by atoms with E-state index in [1.54, 1.807) is 12.1 Å². The third kappa shape index (κ3) is 3.20. The number of carbonyl (C=O) groups is 1. The van der Waals surface area contributed by atoms with Gasteiger partial charge in [-0.25, -0.2) is 4.98 Å². The molecule has 0 aliphatic rings. The number of nitrogens with zero attached hydrogens (tertiary/aromatic N) is 1. The summed E-state index contributed by atoms with van der Waals surface area (Å²) in [5.41, 5.74) is 5.49. The molecule has 1 aromatic heterocycles. The summed E-state index contributed by atoms with van der Waals surface area (Å²) in [5, 5.41) is 12.1. The van der Waals surface area contributed by atoms with Crippen molar-refractivity contribution in [1.82, 2.24) is 4.98 Å². The van der Waals surface area contributed by atoms with Crippen molar-refractivity contribution in [3.8, 4) is 0 Å². The SMILES string of the molecule is CC(CO)C(C)Nc1ccc(C(N)=O)cn1. The number of aliphatic hydroxyl groups excluding tert-OH is 1. The molecule has 0 saturated heterocycles. The first kappa shape index (κ1) is 12.4. The Morgan fingerprint density at radius 2 is 2.25 bits per heavy atom. The molecule has 2 unspecified atom stereocenters. The van der Waals surface area contributed by atoms with Crippen LogP contribution in [0.25, 0.3) is 0 Å². The Labute approximate surface area is 94.7 Å². The van der Waals surface area contributed by atoms with E-state index in [1.807, 2.05) is 13.8 Å². The van der Waals surface area contributed by atoms with Gasteiger partial charge in [-0.15, -0.1) is 0 Å². The third-order valence-corrected chi connectivity index (χ3v) is 2.57. The van der Waals surface area contributed by atoms with E-state index < -0.39 is 5.91 Å². The van der Waals surface area contributed by atoms with E-state index in [9.17, 15) is 4.79 Å². The highest BCUT2D eigenvalue weighted by Gasteiger charge is 2.11. The minimum absolute atomic E-state index is 0.108. The maximum absolute atomic E-state index is 10.8. The maximum atomic E-state index is 10.8. The second kappa shape index (κ2) is 5.46. The zero-order chi connectivity index (χ0) is 12.1. The minimum Gasteiger partial charge on any atom is -0.396 e. The van der Waals surface area contributed by atoms with Gasteiger partial charge < -0.3 is 16.2 Å². The predicted molar refractivity (Wildman–Crippen MR) is 62.1 cm³/mol. The van der Waals surface area contributed by atoms with Crippen LogP contribution in [0.5, 0.6) is 0 Å². The van der Waals surface area contributed by atoms with Gasteiger partial charge in [0.15, 0.2) is 0 Å². The lowest BCUT2D eigenvalue weighted by molar-refractivity contribution is 0.1000. The van der Waals surface area contributed by atoms with Crippen molar-refractivity contribution >= 4 is 11.7 Å². The van der Waals surface area contributed by atoms with Crippen LogP contribution in [0.2, 0.25) is 0 Å². The van der Waals surface area contributed by atoms with Gasteiger partial charge in [0.05, 0.1) is 5.56 Å². The molecule has 2 atom stereocenters. The molecule has 0 fully saturated rings. The molecule has 16 heavy (non-hydrogen) atoms. The Balaban J connectivity index is 2.65. The Morgan fingerprint density at radius 3 is 2.69 bits per heavy atom. The number of anilines is 1. The monoisotopic (exact) mass is 223 g/mol. The number of hydrogen-bond donors (Lipinski definition) is 3. The molecule has 0 aliphatic heterocycles. The maximum Gasteiger partial charge on any atom is 0.250 e. The van der Waals surface area contributed by atoms with Crippen LogP contribution in [0.4, 0.5) is 5.82 Å². The molecule has 1 rings (SSSR count). The van der Waals surface area contributed by atoms with E-state index >= 15 is 0 Å². The summed E-state index contributed by atoms with van der Waals surface area (Å²) in [6, 6.07) is 3.42. The molecule has 0 bridgehead atoms. The van der Waals surface area contributed by atoms with Crippen LogP contribution in [-0.4, -0.2) is 28.6 Å². The summed E-state index contributed by atoms with van der Waals surface area (Å²) in [6.45, 7) is 4.02. The lowest BCUT2D eigenvalue weighted by Gasteiger charge is -2.19. The smallest absolute Gasteiger partial charge is 0.250 e. The van der Waals surface area contributed by atoms with Gasteiger partial charge in [-0.3, -0.25) is 4.79 Å². The molecule has 1 amide bonds. The van der Waals surface area contributed by atoms with Gasteiger partial charge in [0.1, 0.15) is 5.82 Å². The standard InChI is InChI=1S/C11H17N3O2/c1-7(6-15)8(2)14-10-4-3-9(5-13-10)11(12)16/h3-5,7-8,15H,6H2,1-2H3,(H2,12,16)(H,13,14). The fourth-order valence-corrected chi connectivity index (χ4v) is 1.16. The molecule has 4 N–H and O–H groups in total. The third-order valence-electron chi connectivity index (χ3n) is 2.57. The Bertz CT molecular complexity index is 351. The quantitative estimate of drug-likeness (QED) is 0.682. The summed E-state index contributed by atoms with van der Waals surface area (Å²) in [5.74, 6) is 0.311. The summed E-state index contributed by atoms with van der Waals surface area (Å²) in [4.78, 5) is 14.9. The largest absolute Gasteiger partial charge is 0.396 e. The first-order valence-corrected chi connectivity index (χ1v) is 5.18. The van der Waals surface area contributed by atoms with Crippen molar-refractivity contribution in [2.45, 2.75) is 19.9 Å². The summed E-state index contributed by atoms with van der Waals surface area (Å²) < 4.78 is 0. The van der Waals surface area contributed by atoms with E-state index in [-0.39, 0.29) is 18.6 Å². The van der Waals surface area contributed by atoms with Crippen LogP contribution in [0.1, 0.15) is 24.2 Å². The van der Waals surface area contributed by atoms with Gasteiger partial charge >= 0.3 is 0 Å². The van der Waals surface area contributed by atoms with Crippen LogP contribution < -0.4 is 11.1 Å². The first-order valence-electron chi connectivity index (χ1n) is 5.18. The molecule has 0 saturated carbocycles. The number of primary amides is 1. The van der Waals surface area contributed by atoms with Crippen molar-refractivity contribution in [1.29, 1.82) is 0 Å². The van der Waals surface area contributed by atoms with Crippen LogP contribution >= 0.6 is 0 Å². The molecule has 0 spiro atoms. The molecule has 1 aromatic rings. The summed E-state index contributed by atoms with van der Waals surface area (Å²) in [7, 11) is 0. The highest BCUT2D eigenvalue weighted by Crippen LogP contribution is 2.10. The average molecular weight is 223 g/mol. The van der Waals surface area contributed by atoms with Gasteiger partial charge in [0.25, 0.3) is 0 Å². The van der Waals surface area contributed by atoms with Crippen LogP contribution in [-0.2, 0) is 0 Å². The molecule has 88 valence electrons. The predicted octanol–water partition coefficient (Wildman–Crippen LogP) is 0.609. The zero-order valence-corrected chi connectivity index (χ0v) is 9.47. The van der Waals surface area contributed by atoms with Gasteiger partial charge in [-0.2, -0.15) is 0 Å². The number of pyridine rings is 1. The zero-order valence-electron chi connectivity index (χ0n) is 9.47. The molecule has 5 nitrogen and oxygen atoms in total. The molecule has 0 aliphatic carbocycles. The lowest BCUT2D eigenvalue weighted by atomic mass is 10.1. The van der Waals surface area contributed by atoms with Crippen LogP contribution in [0.15, 0.2) is 18.3 Å². The topological polar surface area (TPSA) is 88.2 Å². The van der Waals surface area contributed by atoms with Gasteiger partial charge in [-0.1, -0.05) is 6.92 Å². The fraction of sp³-hybridized carbons (Fsp3) is 0.455. The second-order valence-electron chi connectivity index (χ2n) is 3.89. The number of carbonyl (C=O) groups excluding carboxylic acids is 1. The minimum atomic E-state index is -0.490. The van der Waals surface area contributed by atoms with Gasteiger partial charge in [0.2, 0.25) is 5.91 Å². The van der Waals surface area contributed by atoms with E-state index in [0.717, 1.165) is 0 Å². The number of aromatic nitrogens is 1. The Morgan fingerprint density at radius 1 is 1.56 bits per heavy atom. The van der Waals surface area contributed by atoms with Crippen molar-refractivity contribution < 1.29 is 9.90 Å². The van der Waals surface area contributed by atoms with Gasteiger partial charge in [-0.05, 0) is 25.0 Å². The lowest BCUT2D eigenvalue weighted by Crippen LogP contribution is -2.26. The highest BCUT2D eigenvalue weighted by atomic mass is 16.3. The number of rotatable bonds is 5. The van der Waals surface area contributed by atoms with E-state index in [4.69, 9.17) is 10.8 Å². The Hall–Kier alpha value is -1.62. The normalized spacial score (nSPS) is 14.2. The van der Waals surface area contributed by atoms with Gasteiger partial charge in [0, 0.05) is 18.8 Å². The average Bonchev–Trinajstić information content (AvgIpc) is 2.28.